The molecular weight excluding hydrogens is 389 g/mol. The number of piperazine rings is 1. The van der Waals surface area contributed by atoms with Crippen LogP contribution >= 0.6 is 0 Å². The molecule has 1 saturated heterocycles. The van der Waals surface area contributed by atoms with Crippen LogP contribution in [0.3, 0.4) is 0 Å². The second kappa shape index (κ2) is 8.99. The number of rotatable bonds is 6. The Labute approximate surface area is 175 Å². The zero-order chi connectivity index (χ0) is 21.1. The van der Waals surface area contributed by atoms with Crippen molar-refractivity contribution in [3.63, 3.8) is 0 Å². The van der Waals surface area contributed by atoms with Crippen molar-refractivity contribution in [1.82, 2.24) is 9.80 Å². The fourth-order valence-corrected chi connectivity index (χ4v) is 3.78. The molecule has 2 N–H and O–H groups in total. The molecule has 0 aromatic heterocycles. The Morgan fingerprint density at radius 3 is 2.67 bits per heavy atom. The molecule has 30 heavy (non-hydrogen) atoms. The molecule has 0 aliphatic carbocycles. The average molecular weight is 415 g/mol. The van der Waals surface area contributed by atoms with Gasteiger partial charge in [-0.2, -0.15) is 0 Å². The number of benzene rings is 2. The minimum atomic E-state index is -0.625. The maximum atomic E-state index is 13.3. The molecule has 2 aromatic carbocycles. The van der Waals surface area contributed by atoms with Crippen molar-refractivity contribution >= 4 is 11.6 Å². The highest BCUT2D eigenvalue weighted by atomic mass is 19.1. The van der Waals surface area contributed by atoms with Gasteiger partial charge in [0.25, 0.3) is 0 Å². The van der Waals surface area contributed by atoms with Crippen molar-refractivity contribution in [3.05, 3.63) is 53.8 Å². The lowest BCUT2D eigenvalue weighted by Crippen LogP contribution is -2.53. The molecule has 2 aromatic rings. The molecule has 1 amide bonds. The zero-order valence-electron chi connectivity index (χ0n) is 16.9. The molecule has 2 heterocycles. The van der Waals surface area contributed by atoms with Gasteiger partial charge in [-0.1, -0.05) is 12.1 Å². The van der Waals surface area contributed by atoms with Gasteiger partial charge in [0, 0.05) is 38.4 Å². The smallest absolute Gasteiger partial charge is 0.241 e. The largest absolute Gasteiger partial charge is 0.454 e. The van der Waals surface area contributed by atoms with E-state index in [2.05, 4.69) is 15.1 Å². The van der Waals surface area contributed by atoms with Crippen molar-refractivity contribution in [1.29, 1.82) is 0 Å². The standard InChI is InChI=1S/C22H26FN3O4/c1-15(22(28)24-18-4-2-3-17(23)12-18)26-9-7-25(8-10-26)13-19(27)16-5-6-20-21(11-16)30-14-29-20/h2-6,11-12,15,19,27H,7-10,13-14H2,1H3,(H,24,28)/t15-,19-/m1/s1. The Hall–Kier alpha value is -2.68. The number of hydrogen-bond donors (Lipinski definition) is 2. The molecule has 1 fully saturated rings. The van der Waals surface area contributed by atoms with Crippen LogP contribution in [0.5, 0.6) is 11.5 Å². The number of carbonyl (C=O) groups excluding carboxylic acids is 1. The summed E-state index contributed by atoms with van der Waals surface area (Å²) in [6, 6.07) is 11.1. The minimum absolute atomic E-state index is 0.158. The van der Waals surface area contributed by atoms with Crippen LogP contribution in [0.2, 0.25) is 0 Å². The summed E-state index contributed by atoms with van der Waals surface area (Å²) in [5.41, 5.74) is 1.25. The van der Waals surface area contributed by atoms with E-state index < -0.39 is 6.10 Å². The SMILES string of the molecule is C[C@H](C(=O)Nc1cccc(F)c1)N1CCN(C[C@@H](O)c2ccc3c(c2)OCO3)CC1. The number of anilines is 1. The first-order chi connectivity index (χ1) is 14.5. The van der Waals surface area contributed by atoms with Gasteiger partial charge in [-0.25, -0.2) is 4.39 Å². The van der Waals surface area contributed by atoms with Crippen molar-refractivity contribution < 1.29 is 23.8 Å². The summed E-state index contributed by atoms with van der Waals surface area (Å²) >= 11 is 0. The first kappa shape index (κ1) is 20.6. The van der Waals surface area contributed by atoms with Gasteiger partial charge in [-0.05, 0) is 42.8 Å². The maximum absolute atomic E-state index is 13.3. The van der Waals surface area contributed by atoms with Crippen molar-refractivity contribution in [3.8, 4) is 11.5 Å². The van der Waals surface area contributed by atoms with Crippen LogP contribution in [0.25, 0.3) is 0 Å². The lowest BCUT2D eigenvalue weighted by atomic mass is 10.1. The van der Waals surface area contributed by atoms with Gasteiger partial charge in [-0.15, -0.1) is 0 Å². The third-order valence-corrected chi connectivity index (χ3v) is 5.64. The Balaban J connectivity index is 1.26. The van der Waals surface area contributed by atoms with E-state index >= 15 is 0 Å². The molecule has 0 saturated carbocycles. The summed E-state index contributed by atoms with van der Waals surface area (Å²) in [6.07, 6.45) is -0.625. The van der Waals surface area contributed by atoms with Crippen LogP contribution in [0, 0.1) is 5.82 Å². The molecule has 2 aliphatic rings. The van der Waals surface area contributed by atoms with Gasteiger partial charge >= 0.3 is 0 Å². The van der Waals surface area contributed by atoms with Gasteiger partial charge < -0.3 is 19.9 Å². The number of halogens is 1. The third kappa shape index (κ3) is 4.72. The number of nitrogens with one attached hydrogen (secondary N) is 1. The second-order valence-electron chi connectivity index (χ2n) is 7.64. The summed E-state index contributed by atoms with van der Waals surface area (Å²) in [4.78, 5) is 16.8. The molecule has 4 rings (SSSR count). The lowest BCUT2D eigenvalue weighted by Gasteiger charge is -2.38. The van der Waals surface area contributed by atoms with E-state index in [1.807, 2.05) is 25.1 Å². The van der Waals surface area contributed by atoms with E-state index in [1.165, 1.54) is 12.1 Å². The highest BCUT2D eigenvalue weighted by Gasteiger charge is 2.27. The van der Waals surface area contributed by atoms with E-state index in [1.54, 1.807) is 12.1 Å². The molecule has 2 atom stereocenters. The number of amides is 1. The number of fused-ring (bicyclic) bond motifs is 1. The van der Waals surface area contributed by atoms with Gasteiger partial charge in [0.05, 0.1) is 12.1 Å². The molecule has 2 aliphatic heterocycles. The van der Waals surface area contributed by atoms with Gasteiger partial charge in [0.15, 0.2) is 11.5 Å². The van der Waals surface area contributed by atoms with Crippen LogP contribution in [0.1, 0.15) is 18.6 Å². The molecule has 160 valence electrons. The highest BCUT2D eigenvalue weighted by molar-refractivity contribution is 5.94. The van der Waals surface area contributed by atoms with Crippen LogP contribution < -0.4 is 14.8 Å². The number of β-amino-alcohol motifs (C(OH)–C–C–N with tert-alkyl or cyclic N) is 1. The summed E-state index contributed by atoms with van der Waals surface area (Å²) in [7, 11) is 0. The predicted octanol–water partition coefficient (Wildman–Crippen LogP) is 2.23. The predicted molar refractivity (Wildman–Crippen MR) is 110 cm³/mol. The monoisotopic (exact) mass is 415 g/mol. The molecular formula is C22H26FN3O4. The van der Waals surface area contributed by atoms with Crippen LogP contribution in [0.15, 0.2) is 42.5 Å². The summed E-state index contributed by atoms with van der Waals surface area (Å²) in [5, 5.41) is 13.4. The quantitative estimate of drug-likeness (QED) is 0.754. The number of nitrogens with zero attached hydrogens (tertiary/aromatic N) is 2. The van der Waals surface area contributed by atoms with Gasteiger partial charge in [0.1, 0.15) is 5.82 Å². The molecule has 8 heteroatoms. The zero-order valence-corrected chi connectivity index (χ0v) is 16.9. The van der Waals surface area contributed by atoms with Crippen molar-refractivity contribution in [2.24, 2.45) is 0 Å². The Morgan fingerprint density at radius 2 is 1.90 bits per heavy atom. The third-order valence-electron chi connectivity index (χ3n) is 5.64. The van der Waals surface area contributed by atoms with E-state index in [0.29, 0.717) is 36.8 Å². The molecule has 0 bridgehead atoms. The van der Waals surface area contributed by atoms with Crippen molar-refractivity contribution in [2.45, 2.75) is 19.1 Å². The van der Waals surface area contributed by atoms with Crippen LogP contribution in [0.4, 0.5) is 10.1 Å². The summed E-state index contributed by atoms with van der Waals surface area (Å²) in [6.45, 7) is 5.50. The Kier molecular flexibility index (Phi) is 6.17. The second-order valence-corrected chi connectivity index (χ2v) is 7.64. The van der Waals surface area contributed by atoms with E-state index in [4.69, 9.17) is 9.47 Å². The number of hydrogen-bond acceptors (Lipinski definition) is 6. The maximum Gasteiger partial charge on any atom is 0.241 e. The fourth-order valence-electron chi connectivity index (χ4n) is 3.78. The van der Waals surface area contributed by atoms with Crippen LogP contribution in [-0.4, -0.2) is 66.4 Å². The first-order valence-corrected chi connectivity index (χ1v) is 10.1. The summed E-state index contributed by atoms with van der Waals surface area (Å²) in [5.74, 6) is 0.823. The normalized spacial score (nSPS) is 18.8. The fraction of sp³-hybridized carbons (Fsp3) is 0.409. The molecule has 0 unspecified atom stereocenters. The van der Waals surface area contributed by atoms with Crippen LogP contribution in [-0.2, 0) is 4.79 Å². The number of aliphatic hydroxyl groups is 1. The number of aliphatic hydroxyl groups excluding tert-OH is 1. The number of ether oxygens (including phenoxy) is 2. The minimum Gasteiger partial charge on any atom is -0.454 e. The van der Waals surface area contributed by atoms with E-state index in [-0.39, 0.29) is 24.6 Å². The van der Waals surface area contributed by atoms with Gasteiger partial charge in [0.2, 0.25) is 12.7 Å². The Bertz CT molecular complexity index is 902. The molecule has 0 radical (unpaired) electrons. The Morgan fingerprint density at radius 1 is 1.13 bits per heavy atom. The van der Waals surface area contributed by atoms with E-state index in [0.717, 1.165) is 18.7 Å². The summed E-state index contributed by atoms with van der Waals surface area (Å²) < 4.78 is 24.0. The molecule has 7 nitrogen and oxygen atoms in total. The highest BCUT2D eigenvalue weighted by Crippen LogP contribution is 2.34. The topological polar surface area (TPSA) is 74.3 Å². The van der Waals surface area contributed by atoms with Gasteiger partial charge in [-0.3, -0.25) is 14.6 Å². The van der Waals surface area contributed by atoms with E-state index in [9.17, 15) is 14.3 Å². The number of carbonyl (C=O) groups is 1. The average Bonchev–Trinajstić information content (AvgIpc) is 3.21. The molecule has 0 spiro atoms. The van der Waals surface area contributed by atoms with Crippen molar-refractivity contribution in [2.75, 3.05) is 44.8 Å². The first-order valence-electron chi connectivity index (χ1n) is 10.1. The lowest BCUT2D eigenvalue weighted by molar-refractivity contribution is -0.121.